The Morgan fingerprint density at radius 1 is 1.15 bits per heavy atom. The molecule has 2 aliphatic heterocycles. The van der Waals surface area contributed by atoms with Crippen LogP contribution in [0.15, 0.2) is 51.5 Å². The minimum absolute atomic E-state index is 0.0147. The van der Waals surface area contributed by atoms with Crippen LogP contribution in [-0.2, 0) is 18.4 Å². The first-order chi connectivity index (χ1) is 19.2. The van der Waals surface area contributed by atoms with E-state index in [-0.39, 0.29) is 29.1 Å². The molecule has 2 aromatic heterocycles. The first-order valence-corrected chi connectivity index (χ1v) is 13.7. The van der Waals surface area contributed by atoms with Crippen molar-refractivity contribution in [2.24, 2.45) is 7.05 Å². The average molecular weight is 605 g/mol. The zero-order chi connectivity index (χ0) is 28.7. The number of rotatable bonds is 7. The summed E-state index contributed by atoms with van der Waals surface area (Å²) in [4.78, 5) is 33.8. The number of piperazine rings is 1. The highest BCUT2D eigenvalue weighted by molar-refractivity contribution is 9.10. The molecule has 2 atom stereocenters. The van der Waals surface area contributed by atoms with Crippen LogP contribution >= 0.6 is 15.9 Å². The van der Waals surface area contributed by atoms with Gasteiger partial charge in [-0.15, -0.1) is 0 Å². The topological polar surface area (TPSA) is 100 Å². The second-order valence-electron chi connectivity index (χ2n) is 10.2. The van der Waals surface area contributed by atoms with E-state index in [9.17, 15) is 14.9 Å². The molecule has 5 rings (SSSR count). The molecule has 4 heterocycles. The van der Waals surface area contributed by atoms with Gasteiger partial charge < -0.3 is 18.9 Å². The number of halogens is 1. The number of hydrogen-bond donors (Lipinski definition) is 0. The Hall–Kier alpha value is -3.94. The molecule has 2 unspecified atom stereocenters. The minimum Gasteiger partial charge on any atom is -0.496 e. The monoisotopic (exact) mass is 603 g/mol. The lowest BCUT2D eigenvalue weighted by molar-refractivity contribution is -0.122. The Balaban J connectivity index is 1.33. The van der Waals surface area contributed by atoms with Gasteiger partial charge in [0.15, 0.2) is 0 Å². The van der Waals surface area contributed by atoms with Crippen molar-refractivity contribution in [3.05, 3.63) is 79.4 Å². The lowest BCUT2D eigenvalue weighted by atomic mass is 9.97. The molecule has 1 amide bonds. The number of carbonyl (C=O) groups excluding carboxylic acids is 1. The summed E-state index contributed by atoms with van der Waals surface area (Å²) in [5.74, 6) is 1.14. The summed E-state index contributed by atoms with van der Waals surface area (Å²) in [5, 5.41) is 9.63. The number of likely N-dealkylation sites (tertiary alicyclic amines) is 1. The number of benzene rings is 1. The molecule has 0 spiro atoms. The highest BCUT2D eigenvalue weighted by Gasteiger charge is 2.56. The molecular formula is C30H30BrN5O4. The fourth-order valence-electron chi connectivity index (χ4n) is 5.51. The number of pyridine rings is 2. The summed E-state index contributed by atoms with van der Waals surface area (Å²) in [6, 6.07) is 11.5. The highest BCUT2D eigenvalue weighted by Crippen LogP contribution is 2.41. The molecule has 0 N–H and O–H groups in total. The predicted octanol–water partition coefficient (Wildman–Crippen LogP) is 3.85. The number of methoxy groups -OCH3 is 2. The van der Waals surface area contributed by atoms with Gasteiger partial charge in [0.1, 0.15) is 27.7 Å². The summed E-state index contributed by atoms with van der Waals surface area (Å²) in [7, 11) is 5.03. The van der Waals surface area contributed by atoms with Crippen LogP contribution in [0.4, 0.5) is 0 Å². The first kappa shape index (κ1) is 27.6. The standard InChI is InChI=1S/C30H30BrN5O4/c1-17-18(2)29(37)34(3)13-22(17)19-10-26(39-4)23(27(11-19)40-5)14-35-15-24-25(16-35)36(24)30(38)20(12-32)9-21-7-6-8-28(31)33-21/h6-11,13,24-25H,14-16H2,1-5H3/b20-9+. The number of carbonyl (C=O) groups is 1. The fraction of sp³-hybridized carbons (Fsp3) is 0.333. The SMILES string of the molecule is COc1cc(-c2cn(C)c(=O)c(C)c2C)cc(OC)c1CN1CC2C(C1)N2C(=O)/C(C#N)=C/c1cccc(Br)n1. The third kappa shape index (κ3) is 5.03. The second-order valence-corrected chi connectivity index (χ2v) is 11.0. The largest absolute Gasteiger partial charge is 0.496 e. The quantitative estimate of drug-likeness (QED) is 0.175. The number of fused-ring (bicyclic) bond motifs is 1. The van der Waals surface area contributed by atoms with E-state index < -0.39 is 0 Å². The molecule has 1 aromatic carbocycles. The summed E-state index contributed by atoms with van der Waals surface area (Å²) >= 11 is 3.32. The van der Waals surface area contributed by atoms with Gasteiger partial charge in [0.25, 0.3) is 11.5 Å². The highest BCUT2D eigenvalue weighted by atomic mass is 79.9. The smallest absolute Gasteiger partial charge is 0.265 e. The zero-order valence-corrected chi connectivity index (χ0v) is 24.7. The van der Waals surface area contributed by atoms with E-state index in [1.165, 1.54) is 6.08 Å². The average Bonchev–Trinajstić information content (AvgIpc) is 3.46. The third-order valence-corrected chi connectivity index (χ3v) is 8.25. The van der Waals surface area contributed by atoms with Gasteiger partial charge >= 0.3 is 0 Å². The third-order valence-electron chi connectivity index (χ3n) is 7.80. The van der Waals surface area contributed by atoms with Gasteiger partial charge in [-0.2, -0.15) is 5.26 Å². The van der Waals surface area contributed by atoms with Crippen LogP contribution in [0.1, 0.15) is 22.4 Å². The molecule has 10 heteroatoms. The molecule has 2 saturated heterocycles. The van der Waals surface area contributed by atoms with Crippen molar-refractivity contribution in [2.45, 2.75) is 32.5 Å². The van der Waals surface area contributed by atoms with Gasteiger partial charge in [-0.25, -0.2) is 4.98 Å². The number of nitriles is 1. The Bertz CT molecular complexity index is 1600. The van der Waals surface area contributed by atoms with E-state index in [0.29, 0.717) is 47.0 Å². The number of ether oxygens (including phenoxy) is 2. The van der Waals surface area contributed by atoms with E-state index >= 15 is 0 Å². The lowest BCUT2D eigenvalue weighted by Gasteiger charge is -2.24. The second kappa shape index (κ2) is 10.9. The Morgan fingerprint density at radius 3 is 2.38 bits per heavy atom. The van der Waals surface area contributed by atoms with Crippen LogP contribution in [0.25, 0.3) is 17.2 Å². The molecule has 40 heavy (non-hydrogen) atoms. The van der Waals surface area contributed by atoms with E-state index in [2.05, 4.69) is 25.8 Å². The number of amides is 1. The first-order valence-electron chi connectivity index (χ1n) is 12.9. The van der Waals surface area contributed by atoms with Crippen LogP contribution in [0.5, 0.6) is 11.5 Å². The fourth-order valence-corrected chi connectivity index (χ4v) is 5.86. The van der Waals surface area contributed by atoms with Crippen LogP contribution in [-0.4, -0.2) is 64.7 Å². The van der Waals surface area contributed by atoms with Crippen molar-refractivity contribution in [1.29, 1.82) is 5.26 Å². The molecule has 0 radical (unpaired) electrons. The van der Waals surface area contributed by atoms with E-state index in [4.69, 9.17) is 9.47 Å². The van der Waals surface area contributed by atoms with Gasteiger partial charge in [0.2, 0.25) is 0 Å². The van der Waals surface area contributed by atoms with Crippen molar-refractivity contribution in [3.63, 3.8) is 0 Å². The Morgan fingerprint density at radius 2 is 1.80 bits per heavy atom. The van der Waals surface area contributed by atoms with Crippen LogP contribution in [0, 0.1) is 25.2 Å². The van der Waals surface area contributed by atoms with Gasteiger partial charge in [-0.1, -0.05) is 6.07 Å². The maximum atomic E-state index is 13.1. The minimum atomic E-state index is -0.263. The summed E-state index contributed by atoms with van der Waals surface area (Å²) in [5.41, 5.74) is 5.02. The number of aromatic nitrogens is 2. The van der Waals surface area contributed by atoms with Crippen molar-refractivity contribution < 1.29 is 14.3 Å². The van der Waals surface area contributed by atoms with Gasteiger partial charge in [-0.3, -0.25) is 14.5 Å². The number of hydrogen-bond acceptors (Lipinski definition) is 7. The van der Waals surface area contributed by atoms with Crippen molar-refractivity contribution in [3.8, 4) is 28.7 Å². The van der Waals surface area contributed by atoms with E-state index in [0.717, 1.165) is 22.3 Å². The Labute approximate surface area is 241 Å². The van der Waals surface area contributed by atoms with Crippen LogP contribution < -0.4 is 15.0 Å². The normalized spacial score (nSPS) is 18.3. The molecular weight excluding hydrogens is 574 g/mol. The number of aryl methyl sites for hydroxylation is 1. The maximum Gasteiger partial charge on any atom is 0.265 e. The van der Waals surface area contributed by atoms with E-state index in [1.54, 1.807) is 42.9 Å². The molecule has 0 aliphatic carbocycles. The summed E-state index contributed by atoms with van der Waals surface area (Å²) in [6.45, 7) is 5.76. The molecule has 0 bridgehead atoms. The van der Waals surface area contributed by atoms with E-state index in [1.807, 2.05) is 44.3 Å². The molecule has 206 valence electrons. The van der Waals surface area contributed by atoms with Gasteiger partial charge in [0.05, 0.1) is 37.6 Å². The Kier molecular flexibility index (Phi) is 7.53. The molecule has 9 nitrogen and oxygen atoms in total. The molecule has 2 fully saturated rings. The summed E-state index contributed by atoms with van der Waals surface area (Å²) in [6.07, 6.45) is 3.37. The van der Waals surface area contributed by atoms with Crippen LogP contribution in [0.2, 0.25) is 0 Å². The zero-order valence-electron chi connectivity index (χ0n) is 23.1. The van der Waals surface area contributed by atoms with Crippen LogP contribution in [0.3, 0.4) is 0 Å². The lowest BCUT2D eigenvalue weighted by Crippen LogP contribution is -2.32. The van der Waals surface area contributed by atoms with Gasteiger partial charge in [-0.05, 0) is 71.2 Å². The molecule has 2 aliphatic rings. The van der Waals surface area contributed by atoms with Crippen molar-refractivity contribution in [2.75, 3.05) is 27.3 Å². The summed E-state index contributed by atoms with van der Waals surface area (Å²) < 4.78 is 13.8. The predicted molar refractivity (Wildman–Crippen MR) is 155 cm³/mol. The molecule has 0 saturated carbocycles. The van der Waals surface area contributed by atoms with Crippen molar-refractivity contribution in [1.82, 2.24) is 19.4 Å². The maximum absolute atomic E-state index is 13.1. The molecule has 3 aromatic rings. The van der Waals surface area contributed by atoms with Crippen molar-refractivity contribution >= 4 is 27.9 Å². The number of nitrogens with zero attached hydrogens (tertiary/aromatic N) is 5. The van der Waals surface area contributed by atoms with Gasteiger partial charge in [0, 0.05) is 44.0 Å².